The van der Waals surface area contributed by atoms with Gasteiger partial charge in [0.15, 0.2) is 11.2 Å². The molecule has 126 valence electrons. The van der Waals surface area contributed by atoms with Gasteiger partial charge in [0.05, 0.1) is 0 Å². The molecule has 2 nitrogen and oxygen atoms in total. The summed E-state index contributed by atoms with van der Waals surface area (Å²) in [6.45, 7) is 0. The van der Waals surface area contributed by atoms with Crippen LogP contribution in [-0.4, -0.2) is 10.2 Å². The molecule has 26 heavy (non-hydrogen) atoms. The average Bonchev–Trinajstić information content (AvgIpc) is 2.92. The van der Waals surface area contributed by atoms with Crippen LogP contribution >= 0.6 is 0 Å². The molecule has 0 amide bonds. The average molecular weight is 338 g/mol. The fourth-order valence-corrected chi connectivity index (χ4v) is 4.42. The fourth-order valence-electron chi connectivity index (χ4n) is 4.42. The second-order valence-corrected chi connectivity index (χ2v) is 6.86. The van der Waals surface area contributed by atoms with Gasteiger partial charge in [0.2, 0.25) is 0 Å². The summed E-state index contributed by atoms with van der Waals surface area (Å²) >= 11 is 0. The van der Waals surface area contributed by atoms with E-state index < -0.39 is 11.2 Å². The molecule has 0 saturated heterocycles. The van der Waals surface area contributed by atoms with Crippen LogP contribution in [0.3, 0.4) is 0 Å². The Morgan fingerprint density at radius 2 is 0.885 bits per heavy atom. The molecular weight excluding hydrogens is 320 g/mol. The molecule has 2 N–H and O–H groups in total. The topological polar surface area (TPSA) is 40.5 Å². The lowest BCUT2D eigenvalue weighted by atomic mass is 9.72. The molecule has 0 unspecified atom stereocenters. The second-order valence-electron chi connectivity index (χ2n) is 6.86. The van der Waals surface area contributed by atoms with Crippen LogP contribution in [0.1, 0.15) is 22.3 Å². The minimum Gasteiger partial charge on any atom is -0.377 e. The fraction of sp³-hybridized carbons (Fsp3) is 0.0833. The molecule has 0 radical (unpaired) electrons. The maximum atomic E-state index is 12.1. The van der Waals surface area contributed by atoms with Crippen LogP contribution in [0.2, 0.25) is 0 Å². The van der Waals surface area contributed by atoms with Gasteiger partial charge in [-0.3, -0.25) is 0 Å². The molecule has 5 rings (SSSR count). The van der Waals surface area contributed by atoms with Crippen molar-refractivity contribution in [3.8, 4) is 0 Å². The Bertz CT molecular complexity index is 1020. The van der Waals surface area contributed by atoms with Crippen molar-refractivity contribution >= 4 is 10.8 Å². The van der Waals surface area contributed by atoms with Gasteiger partial charge in [-0.1, -0.05) is 97.1 Å². The first-order chi connectivity index (χ1) is 12.7. The van der Waals surface area contributed by atoms with Crippen molar-refractivity contribution in [1.29, 1.82) is 0 Å². The predicted molar refractivity (Wildman–Crippen MR) is 103 cm³/mol. The minimum absolute atomic E-state index is 0.676. The first-order valence-corrected chi connectivity index (χ1v) is 8.76. The van der Waals surface area contributed by atoms with Crippen LogP contribution in [0, 0.1) is 0 Å². The molecule has 0 saturated carbocycles. The normalized spacial score (nSPS) is 24.1. The quantitative estimate of drug-likeness (QED) is 0.571. The predicted octanol–water partition coefficient (Wildman–Crippen LogP) is 4.33. The SMILES string of the molecule is O[C@]1(c2ccccc2)c2cccc3cccc(c23)[C@@]1(O)c1ccccc1. The summed E-state index contributed by atoms with van der Waals surface area (Å²) < 4.78 is 0. The van der Waals surface area contributed by atoms with Crippen LogP contribution < -0.4 is 0 Å². The molecule has 1 aliphatic rings. The molecule has 4 aromatic rings. The molecule has 0 fully saturated rings. The zero-order valence-corrected chi connectivity index (χ0v) is 14.1. The summed E-state index contributed by atoms with van der Waals surface area (Å²) in [7, 11) is 0. The zero-order chi connectivity index (χ0) is 17.8. The summed E-state index contributed by atoms with van der Waals surface area (Å²) in [5.74, 6) is 0. The van der Waals surface area contributed by atoms with Crippen molar-refractivity contribution in [2.45, 2.75) is 11.2 Å². The van der Waals surface area contributed by atoms with E-state index >= 15 is 0 Å². The van der Waals surface area contributed by atoms with E-state index in [0.717, 1.165) is 21.9 Å². The zero-order valence-electron chi connectivity index (χ0n) is 14.1. The van der Waals surface area contributed by atoms with E-state index in [1.165, 1.54) is 0 Å². The highest BCUT2D eigenvalue weighted by atomic mass is 16.4. The highest BCUT2D eigenvalue weighted by Gasteiger charge is 2.59. The third-order valence-electron chi connectivity index (χ3n) is 5.59. The Hall–Kier alpha value is -2.94. The van der Waals surface area contributed by atoms with Crippen LogP contribution in [-0.2, 0) is 11.2 Å². The molecule has 0 aliphatic heterocycles. The van der Waals surface area contributed by atoms with Crippen molar-refractivity contribution in [2.24, 2.45) is 0 Å². The first-order valence-electron chi connectivity index (χ1n) is 8.76. The Morgan fingerprint density at radius 3 is 1.31 bits per heavy atom. The minimum atomic E-state index is -1.57. The van der Waals surface area contributed by atoms with Crippen LogP contribution in [0.25, 0.3) is 10.8 Å². The lowest BCUT2D eigenvalue weighted by molar-refractivity contribution is -0.105. The Labute approximate surface area is 152 Å². The monoisotopic (exact) mass is 338 g/mol. The van der Waals surface area contributed by atoms with Gasteiger partial charge >= 0.3 is 0 Å². The Kier molecular flexibility index (Phi) is 3.11. The number of hydrogen-bond donors (Lipinski definition) is 2. The van der Waals surface area contributed by atoms with Crippen LogP contribution in [0.15, 0.2) is 97.1 Å². The van der Waals surface area contributed by atoms with Gasteiger partial charge in [0.1, 0.15) is 0 Å². The number of aliphatic hydroxyl groups is 2. The summed E-state index contributed by atoms with van der Waals surface area (Å²) in [6, 6.07) is 30.6. The van der Waals surface area contributed by atoms with Crippen molar-refractivity contribution < 1.29 is 10.2 Å². The molecule has 0 heterocycles. The van der Waals surface area contributed by atoms with E-state index in [-0.39, 0.29) is 0 Å². The number of rotatable bonds is 2. The highest BCUT2D eigenvalue weighted by Crippen LogP contribution is 2.57. The summed E-state index contributed by atoms with van der Waals surface area (Å²) in [5.41, 5.74) is -0.311. The lowest BCUT2D eigenvalue weighted by Crippen LogP contribution is -2.47. The second kappa shape index (κ2) is 5.28. The van der Waals surface area contributed by atoms with Gasteiger partial charge in [-0.25, -0.2) is 0 Å². The smallest absolute Gasteiger partial charge is 0.152 e. The Morgan fingerprint density at radius 1 is 0.462 bits per heavy atom. The van der Waals surface area contributed by atoms with E-state index in [1.54, 1.807) is 0 Å². The molecule has 0 bridgehead atoms. The lowest BCUT2D eigenvalue weighted by Gasteiger charge is -2.40. The Balaban J connectivity index is 1.96. The van der Waals surface area contributed by atoms with Gasteiger partial charge in [-0.2, -0.15) is 0 Å². The van der Waals surface area contributed by atoms with E-state index in [2.05, 4.69) is 0 Å². The number of benzene rings is 4. The molecular formula is C24H18O2. The molecule has 0 aromatic heterocycles. The standard InChI is InChI=1S/C24H18O2/c25-23(18-11-3-1-4-12-18)20-15-7-9-17-10-8-16-21(22(17)20)24(23,26)19-13-5-2-6-14-19/h1-16,25-26H/t23-,24+. The van der Waals surface area contributed by atoms with Gasteiger partial charge in [0, 0.05) is 0 Å². The van der Waals surface area contributed by atoms with Crippen molar-refractivity contribution in [2.75, 3.05) is 0 Å². The van der Waals surface area contributed by atoms with Gasteiger partial charge in [-0.15, -0.1) is 0 Å². The van der Waals surface area contributed by atoms with Gasteiger partial charge < -0.3 is 10.2 Å². The largest absolute Gasteiger partial charge is 0.377 e. The maximum absolute atomic E-state index is 12.1. The maximum Gasteiger partial charge on any atom is 0.152 e. The molecule has 1 aliphatic carbocycles. The molecule has 4 aromatic carbocycles. The summed E-state index contributed by atoms with van der Waals surface area (Å²) in [6.07, 6.45) is 0. The van der Waals surface area contributed by atoms with E-state index in [9.17, 15) is 10.2 Å². The van der Waals surface area contributed by atoms with Crippen LogP contribution in [0.4, 0.5) is 0 Å². The van der Waals surface area contributed by atoms with E-state index in [0.29, 0.717) is 11.1 Å². The van der Waals surface area contributed by atoms with Gasteiger partial charge in [-0.05, 0) is 33.0 Å². The van der Waals surface area contributed by atoms with Gasteiger partial charge in [0.25, 0.3) is 0 Å². The van der Waals surface area contributed by atoms with Crippen molar-refractivity contribution in [1.82, 2.24) is 0 Å². The van der Waals surface area contributed by atoms with Crippen molar-refractivity contribution in [3.05, 3.63) is 119 Å². The third-order valence-corrected chi connectivity index (χ3v) is 5.59. The molecule has 0 spiro atoms. The highest BCUT2D eigenvalue weighted by molar-refractivity contribution is 5.95. The van der Waals surface area contributed by atoms with E-state index in [1.807, 2.05) is 97.1 Å². The van der Waals surface area contributed by atoms with Crippen molar-refractivity contribution in [3.63, 3.8) is 0 Å². The molecule has 2 atom stereocenters. The summed E-state index contributed by atoms with van der Waals surface area (Å²) in [5, 5.41) is 26.2. The molecule has 2 heteroatoms. The van der Waals surface area contributed by atoms with Crippen LogP contribution in [0.5, 0.6) is 0 Å². The third kappa shape index (κ3) is 1.73. The first kappa shape index (κ1) is 15.3. The van der Waals surface area contributed by atoms with E-state index in [4.69, 9.17) is 0 Å². The summed E-state index contributed by atoms with van der Waals surface area (Å²) in [4.78, 5) is 0. The number of hydrogen-bond acceptors (Lipinski definition) is 2.